The minimum atomic E-state index is -0.964. The summed E-state index contributed by atoms with van der Waals surface area (Å²) < 4.78 is 11.6. The molecule has 4 saturated heterocycles. The number of benzene rings is 2. The number of anilines is 2. The number of imide groups is 2. The van der Waals surface area contributed by atoms with Crippen molar-refractivity contribution in [3.63, 3.8) is 0 Å². The number of hydrazine groups is 1. The first-order valence-electron chi connectivity index (χ1n) is 13.1. The normalized spacial score (nSPS) is 29.9. The molecule has 2 aromatic carbocycles. The third-order valence-electron chi connectivity index (χ3n) is 8.42. The first-order valence-corrected chi connectivity index (χ1v) is 13.1. The monoisotopic (exact) mass is 534 g/mol. The zero-order chi connectivity index (χ0) is 27.1. The van der Waals surface area contributed by atoms with Crippen LogP contribution in [-0.4, -0.2) is 45.7 Å². The molecule has 4 aliphatic heterocycles. The van der Waals surface area contributed by atoms with Gasteiger partial charge in [-0.25, -0.2) is 19.8 Å². The van der Waals surface area contributed by atoms with Crippen LogP contribution in [0, 0.1) is 11.8 Å². The van der Waals surface area contributed by atoms with E-state index in [-0.39, 0.29) is 11.8 Å². The highest BCUT2D eigenvalue weighted by Gasteiger charge is 2.74. The molecule has 4 aromatic rings. The van der Waals surface area contributed by atoms with E-state index in [0.29, 0.717) is 22.9 Å². The molecule has 8 rings (SSSR count). The van der Waals surface area contributed by atoms with Crippen molar-refractivity contribution in [1.29, 1.82) is 0 Å². The van der Waals surface area contributed by atoms with E-state index in [0.717, 1.165) is 0 Å². The predicted molar refractivity (Wildman–Crippen MR) is 139 cm³/mol. The summed E-state index contributed by atoms with van der Waals surface area (Å²) in [5.41, 5.74) is 0.931. The van der Waals surface area contributed by atoms with E-state index >= 15 is 0 Å². The maximum absolute atomic E-state index is 14.1. The highest BCUT2D eigenvalue weighted by Crippen LogP contribution is 2.59. The second-order valence-electron chi connectivity index (χ2n) is 10.3. The second kappa shape index (κ2) is 8.35. The Morgan fingerprint density at radius 2 is 0.850 bits per heavy atom. The van der Waals surface area contributed by atoms with Gasteiger partial charge in [-0.1, -0.05) is 36.4 Å². The minimum absolute atomic E-state index is 0.386. The molecule has 4 fully saturated rings. The third-order valence-corrected chi connectivity index (χ3v) is 8.42. The van der Waals surface area contributed by atoms with Gasteiger partial charge in [0.2, 0.25) is 11.8 Å². The van der Waals surface area contributed by atoms with Gasteiger partial charge in [0.1, 0.15) is 23.6 Å². The van der Waals surface area contributed by atoms with Gasteiger partial charge >= 0.3 is 0 Å². The number of nitrogens with zero attached hydrogens (tertiary/aromatic N) is 4. The molecular formula is C30H22N4O6. The van der Waals surface area contributed by atoms with Crippen molar-refractivity contribution in [2.75, 3.05) is 9.80 Å². The van der Waals surface area contributed by atoms with Gasteiger partial charge in [-0.15, -0.1) is 0 Å². The van der Waals surface area contributed by atoms with E-state index in [4.69, 9.17) is 8.83 Å². The number of carbonyl (C=O) groups excluding carboxylic acids is 4. The maximum Gasteiger partial charge on any atom is 0.253 e. The molecule has 0 saturated carbocycles. The van der Waals surface area contributed by atoms with E-state index < -0.39 is 47.8 Å². The fraction of sp³-hybridized carbons (Fsp3) is 0.200. The highest BCUT2D eigenvalue weighted by molar-refractivity contribution is 6.26. The molecule has 10 nitrogen and oxygen atoms in total. The maximum atomic E-state index is 14.1. The molecular weight excluding hydrogens is 512 g/mol. The van der Waals surface area contributed by atoms with Crippen LogP contribution < -0.4 is 9.80 Å². The summed E-state index contributed by atoms with van der Waals surface area (Å²) in [5, 5.41) is 3.49. The van der Waals surface area contributed by atoms with Gasteiger partial charge in [-0.05, 0) is 48.5 Å². The number of furan rings is 2. The molecule has 6 heterocycles. The van der Waals surface area contributed by atoms with Crippen molar-refractivity contribution in [3.8, 4) is 0 Å². The van der Waals surface area contributed by atoms with E-state index in [1.807, 2.05) is 12.1 Å². The molecule has 6 atom stereocenters. The summed E-state index contributed by atoms with van der Waals surface area (Å²) in [6, 6.07) is 20.9. The van der Waals surface area contributed by atoms with Gasteiger partial charge in [-0.2, -0.15) is 0 Å². The SMILES string of the molecule is O=C1[C@@H]2[C@@H](C(=O)N1c1ccccc1)N1[C@@H](c3ccco3)[C@H]3C(=O)N(c4ccccc4)C(=O)[C@@H]3N1[C@@H]2c1ccco1. The van der Waals surface area contributed by atoms with Crippen molar-refractivity contribution in [2.45, 2.75) is 24.2 Å². The summed E-state index contributed by atoms with van der Waals surface area (Å²) in [5.74, 6) is -2.48. The van der Waals surface area contributed by atoms with Crippen LogP contribution in [0.15, 0.2) is 106 Å². The van der Waals surface area contributed by atoms with Crippen LogP contribution >= 0.6 is 0 Å². The lowest BCUT2D eigenvalue weighted by Crippen LogP contribution is -2.50. The van der Waals surface area contributed by atoms with Crippen molar-refractivity contribution >= 4 is 35.0 Å². The minimum Gasteiger partial charge on any atom is -0.468 e. The van der Waals surface area contributed by atoms with Crippen LogP contribution in [0.25, 0.3) is 0 Å². The molecule has 4 aliphatic rings. The largest absolute Gasteiger partial charge is 0.468 e. The Labute approximate surface area is 227 Å². The summed E-state index contributed by atoms with van der Waals surface area (Å²) >= 11 is 0. The van der Waals surface area contributed by atoms with Crippen LogP contribution in [0.3, 0.4) is 0 Å². The van der Waals surface area contributed by atoms with E-state index in [9.17, 15) is 19.2 Å². The second-order valence-corrected chi connectivity index (χ2v) is 10.3. The van der Waals surface area contributed by atoms with Crippen molar-refractivity contribution in [1.82, 2.24) is 10.0 Å². The number of amides is 4. The van der Waals surface area contributed by atoms with Gasteiger partial charge in [0.25, 0.3) is 11.8 Å². The average molecular weight is 535 g/mol. The molecule has 0 aliphatic carbocycles. The van der Waals surface area contributed by atoms with Crippen LogP contribution in [0.2, 0.25) is 0 Å². The van der Waals surface area contributed by atoms with E-state index in [1.54, 1.807) is 82.8 Å². The Balaban J connectivity index is 1.32. The fourth-order valence-corrected chi connectivity index (χ4v) is 6.97. The fourth-order valence-electron chi connectivity index (χ4n) is 6.97. The molecule has 10 heteroatoms. The number of carbonyl (C=O) groups is 4. The Morgan fingerprint density at radius 1 is 0.450 bits per heavy atom. The van der Waals surface area contributed by atoms with E-state index in [2.05, 4.69) is 0 Å². The van der Waals surface area contributed by atoms with Crippen LogP contribution in [-0.2, 0) is 19.2 Å². The zero-order valence-corrected chi connectivity index (χ0v) is 20.9. The van der Waals surface area contributed by atoms with Crippen LogP contribution in [0.4, 0.5) is 11.4 Å². The van der Waals surface area contributed by atoms with Gasteiger partial charge in [0, 0.05) is 0 Å². The Kier molecular flexibility index (Phi) is 4.82. The molecule has 0 spiro atoms. The molecule has 40 heavy (non-hydrogen) atoms. The third kappa shape index (κ3) is 2.89. The number of rotatable bonds is 4. The molecule has 0 N–H and O–H groups in total. The number of fused-ring (bicyclic) bond motifs is 5. The summed E-state index contributed by atoms with van der Waals surface area (Å²) in [4.78, 5) is 58.8. The molecule has 0 bridgehead atoms. The lowest BCUT2D eigenvalue weighted by molar-refractivity contribution is -0.136. The average Bonchev–Trinajstić information content (AvgIpc) is 3.80. The Hall–Kier alpha value is -4.80. The molecule has 0 unspecified atom stereocenters. The summed E-state index contributed by atoms with van der Waals surface area (Å²) in [6.07, 6.45) is 3.00. The van der Waals surface area contributed by atoms with E-state index in [1.165, 1.54) is 22.3 Å². The van der Waals surface area contributed by atoms with Crippen LogP contribution in [0.5, 0.6) is 0 Å². The van der Waals surface area contributed by atoms with Crippen molar-refractivity contribution in [3.05, 3.63) is 109 Å². The zero-order valence-electron chi connectivity index (χ0n) is 20.9. The first-order chi connectivity index (χ1) is 19.6. The van der Waals surface area contributed by atoms with Gasteiger partial charge in [0.05, 0.1) is 47.8 Å². The number of hydrogen-bond donors (Lipinski definition) is 0. The Morgan fingerprint density at radius 3 is 1.20 bits per heavy atom. The Bertz CT molecular complexity index is 1510. The van der Waals surface area contributed by atoms with Gasteiger partial charge < -0.3 is 8.83 Å². The summed E-state index contributed by atoms with van der Waals surface area (Å²) in [6.45, 7) is 0. The van der Waals surface area contributed by atoms with Crippen LogP contribution in [0.1, 0.15) is 23.6 Å². The lowest BCUT2D eigenvalue weighted by atomic mass is 9.87. The molecule has 0 radical (unpaired) electrons. The first kappa shape index (κ1) is 23.1. The topological polar surface area (TPSA) is 108 Å². The molecule has 198 valence electrons. The number of para-hydroxylation sites is 2. The molecule has 4 amide bonds. The summed E-state index contributed by atoms with van der Waals surface area (Å²) in [7, 11) is 0. The standard InChI is InChI=1S/C30H22N4O6/c35-27-21-23(19-13-7-15-39-19)34-26-22(28(36)32(30(26)38)18-11-5-2-6-12-18)24(20-14-8-16-40-20)33(34)25(21)29(37)31(27)17-9-3-1-4-10-17/h1-16,21-26H/t21-,22+,23+,24-,25-,26+. The van der Waals surface area contributed by atoms with Gasteiger partial charge in [0.15, 0.2) is 0 Å². The van der Waals surface area contributed by atoms with Crippen molar-refractivity contribution < 1.29 is 28.0 Å². The quantitative estimate of drug-likeness (QED) is 0.367. The predicted octanol–water partition coefficient (Wildman–Crippen LogP) is 3.32. The van der Waals surface area contributed by atoms with Gasteiger partial charge in [-0.3, -0.25) is 19.2 Å². The smallest absolute Gasteiger partial charge is 0.253 e. The number of hydrogen-bond acceptors (Lipinski definition) is 8. The molecule has 2 aromatic heterocycles. The lowest BCUT2D eigenvalue weighted by Gasteiger charge is -2.34. The van der Waals surface area contributed by atoms with Crippen molar-refractivity contribution in [2.24, 2.45) is 11.8 Å². The highest BCUT2D eigenvalue weighted by atomic mass is 16.3.